The van der Waals surface area contributed by atoms with Gasteiger partial charge in [-0.05, 0) is 60.2 Å². The molecule has 0 aliphatic carbocycles. The number of rotatable bonds is 9. The van der Waals surface area contributed by atoms with Crippen molar-refractivity contribution in [2.45, 2.75) is 38.4 Å². The lowest BCUT2D eigenvalue weighted by Crippen LogP contribution is -2.29. The van der Waals surface area contributed by atoms with Crippen molar-refractivity contribution in [3.8, 4) is 16.9 Å². The quantitative estimate of drug-likeness (QED) is 0.573. The lowest BCUT2D eigenvalue weighted by Gasteiger charge is -2.20. The van der Waals surface area contributed by atoms with Gasteiger partial charge < -0.3 is 14.9 Å². The maximum atomic E-state index is 10.8. The van der Waals surface area contributed by atoms with Crippen LogP contribution in [0.3, 0.4) is 0 Å². The number of ether oxygens (including phenoxy) is 1. The minimum Gasteiger partial charge on any atom is -0.488 e. The van der Waals surface area contributed by atoms with Crippen LogP contribution >= 0.6 is 0 Å². The number of hydrogen-bond donors (Lipinski definition) is 2. The Labute approximate surface area is 170 Å². The molecule has 0 amide bonds. The number of carbonyl (C=O) groups is 1. The average molecular weight is 391 g/mol. The van der Waals surface area contributed by atoms with Gasteiger partial charge in [-0.25, -0.2) is 0 Å². The van der Waals surface area contributed by atoms with Gasteiger partial charge in [-0.15, -0.1) is 0 Å². The second-order valence-corrected chi connectivity index (χ2v) is 7.08. The van der Waals surface area contributed by atoms with E-state index in [9.17, 15) is 9.90 Å². The zero-order chi connectivity index (χ0) is 20.6. The summed E-state index contributed by atoms with van der Waals surface area (Å²) < 4.78 is 5.89. The number of aromatic nitrogens is 1. The zero-order valence-corrected chi connectivity index (χ0v) is 16.4. The van der Waals surface area contributed by atoms with Gasteiger partial charge in [0.25, 0.3) is 0 Å². The standard InChI is InChI=1S/C24H25NO4/c1-17(23(26)13-6-19-3-2-14-25-16-19)29-22-11-9-21(10-12-22)20-7-4-18(5-8-20)15-24(27)28/h2-5,7-12,14,16-17,23,26H,6,13,15H2,1H3,(H,27,28)/t17-,23+/m0/s1. The molecule has 0 fully saturated rings. The molecule has 2 N–H and O–H groups in total. The summed E-state index contributed by atoms with van der Waals surface area (Å²) in [5.74, 6) is -0.139. The van der Waals surface area contributed by atoms with Crippen molar-refractivity contribution in [1.29, 1.82) is 0 Å². The number of pyridine rings is 1. The Hall–Kier alpha value is -3.18. The van der Waals surface area contributed by atoms with E-state index >= 15 is 0 Å². The third-order valence-electron chi connectivity index (χ3n) is 4.81. The van der Waals surface area contributed by atoms with Crippen LogP contribution < -0.4 is 4.74 Å². The summed E-state index contributed by atoms with van der Waals surface area (Å²) >= 11 is 0. The van der Waals surface area contributed by atoms with Crippen LogP contribution in [0, 0.1) is 0 Å². The SMILES string of the molecule is C[C@H](Oc1ccc(-c2ccc(CC(=O)O)cc2)cc1)[C@H](O)CCc1cccnc1. The summed E-state index contributed by atoms with van der Waals surface area (Å²) in [4.78, 5) is 14.9. The third-order valence-corrected chi connectivity index (χ3v) is 4.81. The van der Waals surface area contributed by atoms with E-state index < -0.39 is 12.1 Å². The fourth-order valence-electron chi connectivity index (χ4n) is 3.10. The molecule has 1 heterocycles. The summed E-state index contributed by atoms with van der Waals surface area (Å²) in [6.45, 7) is 1.86. The van der Waals surface area contributed by atoms with Crippen LogP contribution in [0.5, 0.6) is 5.75 Å². The molecular weight excluding hydrogens is 366 g/mol. The normalized spacial score (nSPS) is 12.9. The highest BCUT2D eigenvalue weighted by atomic mass is 16.5. The Morgan fingerprint density at radius 3 is 2.24 bits per heavy atom. The van der Waals surface area contributed by atoms with E-state index in [-0.39, 0.29) is 12.5 Å². The number of aliphatic hydroxyl groups excluding tert-OH is 1. The summed E-state index contributed by atoms with van der Waals surface area (Å²) in [5.41, 5.74) is 3.90. The maximum Gasteiger partial charge on any atom is 0.307 e. The van der Waals surface area contributed by atoms with Crippen LogP contribution in [0.15, 0.2) is 73.1 Å². The Balaban J connectivity index is 1.54. The van der Waals surface area contributed by atoms with E-state index in [4.69, 9.17) is 9.84 Å². The predicted octanol–water partition coefficient (Wildman–Crippen LogP) is 4.14. The monoisotopic (exact) mass is 391 g/mol. The van der Waals surface area contributed by atoms with Crippen molar-refractivity contribution < 1.29 is 19.7 Å². The highest BCUT2D eigenvalue weighted by molar-refractivity contribution is 5.71. The summed E-state index contributed by atoms with van der Waals surface area (Å²) in [5, 5.41) is 19.2. The van der Waals surface area contributed by atoms with E-state index in [1.807, 2.05) is 73.8 Å². The van der Waals surface area contributed by atoms with Crippen molar-refractivity contribution in [3.63, 3.8) is 0 Å². The number of hydrogen-bond acceptors (Lipinski definition) is 4. The molecule has 0 saturated carbocycles. The van der Waals surface area contributed by atoms with Gasteiger partial charge in [0.05, 0.1) is 12.5 Å². The molecule has 2 aromatic carbocycles. The van der Waals surface area contributed by atoms with E-state index in [0.717, 1.165) is 28.7 Å². The molecule has 1 aromatic heterocycles. The summed E-state index contributed by atoms with van der Waals surface area (Å²) in [6, 6.07) is 19.0. The first-order valence-corrected chi connectivity index (χ1v) is 9.66. The van der Waals surface area contributed by atoms with Gasteiger partial charge in [-0.1, -0.05) is 42.5 Å². The van der Waals surface area contributed by atoms with Gasteiger partial charge in [-0.3, -0.25) is 9.78 Å². The first-order chi connectivity index (χ1) is 14.0. The number of aliphatic hydroxyl groups is 1. The molecule has 5 nitrogen and oxygen atoms in total. The average Bonchev–Trinajstić information content (AvgIpc) is 2.73. The minimum atomic E-state index is -0.837. The van der Waals surface area contributed by atoms with Crippen LogP contribution in [0.25, 0.3) is 11.1 Å². The Morgan fingerprint density at radius 1 is 1.00 bits per heavy atom. The predicted molar refractivity (Wildman–Crippen MR) is 112 cm³/mol. The van der Waals surface area contributed by atoms with Crippen molar-refractivity contribution in [2.24, 2.45) is 0 Å². The molecule has 0 radical (unpaired) electrons. The molecule has 150 valence electrons. The third kappa shape index (κ3) is 6.16. The van der Waals surface area contributed by atoms with Gasteiger partial charge in [-0.2, -0.15) is 0 Å². The van der Waals surface area contributed by atoms with Gasteiger partial charge in [0.15, 0.2) is 0 Å². The molecule has 3 aromatic rings. The van der Waals surface area contributed by atoms with Gasteiger partial charge in [0.1, 0.15) is 11.9 Å². The number of aryl methyl sites for hydroxylation is 1. The number of aliphatic carboxylic acids is 1. The van der Waals surface area contributed by atoms with Crippen LogP contribution in [0.4, 0.5) is 0 Å². The second-order valence-electron chi connectivity index (χ2n) is 7.08. The molecule has 5 heteroatoms. The number of benzene rings is 2. The fraction of sp³-hybridized carbons (Fsp3) is 0.250. The Morgan fingerprint density at radius 2 is 1.66 bits per heavy atom. The van der Waals surface area contributed by atoms with E-state index in [2.05, 4.69) is 4.98 Å². The lowest BCUT2D eigenvalue weighted by molar-refractivity contribution is -0.136. The molecule has 0 aliphatic heterocycles. The number of nitrogens with zero attached hydrogens (tertiary/aromatic N) is 1. The van der Waals surface area contributed by atoms with Crippen LogP contribution in [-0.2, 0) is 17.6 Å². The van der Waals surface area contributed by atoms with Gasteiger partial charge >= 0.3 is 5.97 Å². The molecule has 3 rings (SSSR count). The van der Waals surface area contributed by atoms with Crippen molar-refractivity contribution in [2.75, 3.05) is 0 Å². The van der Waals surface area contributed by atoms with E-state index in [1.54, 1.807) is 6.20 Å². The van der Waals surface area contributed by atoms with Crippen LogP contribution in [0.1, 0.15) is 24.5 Å². The zero-order valence-electron chi connectivity index (χ0n) is 16.4. The molecule has 0 saturated heterocycles. The number of carboxylic acids is 1. The van der Waals surface area contributed by atoms with Crippen molar-refractivity contribution >= 4 is 5.97 Å². The second kappa shape index (κ2) is 9.85. The van der Waals surface area contributed by atoms with Crippen molar-refractivity contribution in [3.05, 3.63) is 84.2 Å². The summed E-state index contributed by atoms with van der Waals surface area (Å²) in [6.07, 6.45) is 4.02. The molecule has 29 heavy (non-hydrogen) atoms. The molecule has 0 aliphatic rings. The van der Waals surface area contributed by atoms with Crippen LogP contribution in [-0.4, -0.2) is 33.4 Å². The first kappa shape index (κ1) is 20.6. The largest absolute Gasteiger partial charge is 0.488 e. The molecule has 0 spiro atoms. The smallest absolute Gasteiger partial charge is 0.307 e. The Bertz CT molecular complexity index is 908. The maximum absolute atomic E-state index is 10.8. The Kier molecular flexibility index (Phi) is 6.98. The molecule has 0 bridgehead atoms. The van der Waals surface area contributed by atoms with Gasteiger partial charge in [0, 0.05) is 12.4 Å². The first-order valence-electron chi connectivity index (χ1n) is 9.66. The van der Waals surface area contributed by atoms with E-state index in [0.29, 0.717) is 12.2 Å². The minimum absolute atomic E-state index is 0.0219. The fourth-order valence-corrected chi connectivity index (χ4v) is 3.10. The van der Waals surface area contributed by atoms with E-state index in [1.165, 1.54) is 0 Å². The lowest BCUT2D eigenvalue weighted by atomic mass is 10.0. The molecular formula is C24H25NO4. The van der Waals surface area contributed by atoms with Crippen LogP contribution in [0.2, 0.25) is 0 Å². The van der Waals surface area contributed by atoms with Crippen molar-refractivity contribution in [1.82, 2.24) is 4.98 Å². The van der Waals surface area contributed by atoms with Gasteiger partial charge in [0.2, 0.25) is 0 Å². The highest BCUT2D eigenvalue weighted by Gasteiger charge is 2.16. The molecule has 2 atom stereocenters. The summed E-state index contributed by atoms with van der Waals surface area (Å²) in [7, 11) is 0. The topological polar surface area (TPSA) is 79.7 Å². The molecule has 0 unspecified atom stereocenters. The highest BCUT2D eigenvalue weighted by Crippen LogP contribution is 2.24. The number of carboxylic acid groups (broad SMARTS) is 1.